The number of hydrogen-bond donors (Lipinski definition) is 1. The molecule has 1 fully saturated rings. The van der Waals surface area contributed by atoms with Crippen LogP contribution in [0.1, 0.15) is 75.3 Å². The molecule has 0 unspecified atom stereocenters. The van der Waals surface area contributed by atoms with Gasteiger partial charge in [-0.1, -0.05) is 40.3 Å². The van der Waals surface area contributed by atoms with Gasteiger partial charge in [-0.15, -0.1) is 11.3 Å². The van der Waals surface area contributed by atoms with E-state index < -0.39 is 0 Å². The second kappa shape index (κ2) is 6.47. The van der Waals surface area contributed by atoms with Crippen LogP contribution in [0.25, 0.3) is 5.57 Å². The minimum Gasteiger partial charge on any atom is -0.350 e. The van der Waals surface area contributed by atoms with Gasteiger partial charge in [0.25, 0.3) is 0 Å². The summed E-state index contributed by atoms with van der Waals surface area (Å²) >= 11 is 1.96. The number of hydrogen-bond acceptors (Lipinski definition) is 2. The molecule has 1 saturated carbocycles. The lowest BCUT2D eigenvalue weighted by atomic mass is 9.63. The first-order chi connectivity index (χ1) is 10.9. The molecule has 0 aromatic carbocycles. The molecule has 3 rings (SSSR count). The van der Waals surface area contributed by atoms with Crippen molar-refractivity contribution in [2.45, 2.75) is 72.1 Å². The third kappa shape index (κ3) is 3.42. The van der Waals surface area contributed by atoms with Gasteiger partial charge < -0.3 is 5.32 Å². The summed E-state index contributed by atoms with van der Waals surface area (Å²) in [6, 6.07) is 0. The van der Waals surface area contributed by atoms with Crippen molar-refractivity contribution in [1.29, 1.82) is 0 Å². The van der Waals surface area contributed by atoms with Crippen molar-refractivity contribution in [2.75, 3.05) is 5.32 Å². The van der Waals surface area contributed by atoms with Crippen LogP contribution in [-0.4, -0.2) is 0 Å². The van der Waals surface area contributed by atoms with Gasteiger partial charge in [0, 0.05) is 16.1 Å². The van der Waals surface area contributed by atoms with Gasteiger partial charge in [-0.3, -0.25) is 0 Å². The molecule has 0 atom stereocenters. The maximum absolute atomic E-state index is 4.40. The molecule has 2 heteroatoms. The largest absolute Gasteiger partial charge is 0.350 e. The van der Waals surface area contributed by atoms with E-state index in [0.29, 0.717) is 11.3 Å². The second-order valence-electron chi connectivity index (χ2n) is 8.19. The smallest absolute Gasteiger partial charge is 0.101 e. The summed E-state index contributed by atoms with van der Waals surface area (Å²) in [5, 5.41) is 5.03. The van der Waals surface area contributed by atoms with E-state index in [-0.39, 0.29) is 0 Å². The highest BCUT2D eigenvalue weighted by molar-refractivity contribution is 7.16. The van der Waals surface area contributed by atoms with E-state index in [1.165, 1.54) is 66.8 Å². The van der Waals surface area contributed by atoms with Gasteiger partial charge in [0.05, 0.1) is 0 Å². The van der Waals surface area contributed by atoms with Crippen molar-refractivity contribution in [3.8, 4) is 0 Å². The molecule has 0 radical (unpaired) electrons. The molecule has 1 N–H and O–H groups in total. The fourth-order valence-corrected chi connectivity index (χ4v) is 5.60. The fraction of sp³-hybridized carbons (Fsp3) is 0.619. The zero-order chi connectivity index (χ0) is 16.6. The van der Waals surface area contributed by atoms with Gasteiger partial charge in [0.2, 0.25) is 0 Å². The maximum atomic E-state index is 4.40. The molecule has 1 aromatic rings. The Morgan fingerprint density at radius 1 is 1.22 bits per heavy atom. The van der Waals surface area contributed by atoms with Crippen LogP contribution in [0.5, 0.6) is 0 Å². The summed E-state index contributed by atoms with van der Waals surface area (Å²) in [6.07, 6.45) is 9.93. The number of nitrogens with one attached hydrogen (secondary N) is 1. The summed E-state index contributed by atoms with van der Waals surface area (Å²) in [6.45, 7) is 15.7. The summed E-state index contributed by atoms with van der Waals surface area (Å²) in [4.78, 5) is 1.59. The van der Waals surface area contributed by atoms with Crippen LogP contribution < -0.4 is 5.32 Å². The van der Waals surface area contributed by atoms with Gasteiger partial charge >= 0.3 is 0 Å². The van der Waals surface area contributed by atoms with E-state index >= 15 is 0 Å². The lowest BCUT2D eigenvalue weighted by molar-refractivity contribution is 0.124. The minimum atomic E-state index is 0.499. The van der Waals surface area contributed by atoms with E-state index in [4.69, 9.17) is 0 Å². The molecule has 2 aliphatic rings. The van der Waals surface area contributed by atoms with Crippen molar-refractivity contribution in [3.05, 3.63) is 34.9 Å². The Bertz CT molecular complexity index is 612. The van der Waals surface area contributed by atoms with Gasteiger partial charge in [-0.2, -0.15) is 0 Å². The predicted molar refractivity (Wildman–Crippen MR) is 104 cm³/mol. The maximum Gasteiger partial charge on any atom is 0.101 e. The standard InChI is InChI=1S/C21H31NS/c1-6-9-14(2)19-17-10-7-8-11-18(17)23-20(19)22-15(3)16-12-21(4,5)13-16/h16,22H,2-3,6-13H2,1,4-5H3. The minimum absolute atomic E-state index is 0.499. The predicted octanol–water partition coefficient (Wildman–Crippen LogP) is 6.80. The van der Waals surface area contributed by atoms with Crippen LogP contribution in [-0.2, 0) is 12.8 Å². The normalized spacial score (nSPS) is 19.8. The molecular weight excluding hydrogens is 298 g/mol. The zero-order valence-corrected chi connectivity index (χ0v) is 15.9. The van der Waals surface area contributed by atoms with Crippen molar-refractivity contribution in [3.63, 3.8) is 0 Å². The summed E-state index contributed by atoms with van der Waals surface area (Å²) in [5.41, 5.74) is 6.05. The first kappa shape index (κ1) is 16.8. The molecule has 0 bridgehead atoms. The molecule has 1 nitrogen and oxygen atoms in total. The highest BCUT2D eigenvalue weighted by Gasteiger charge is 2.37. The molecular formula is C21H31NS. The van der Waals surface area contributed by atoms with E-state index in [9.17, 15) is 0 Å². The molecule has 1 heterocycles. The monoisotopic (exact) mass is 329 g/mol. The van der Waals surface area contributed by atoms with Crippen LogP contribution >= 0.6 is 11.3 Å². The number of allylic oxidation sites excluding steroid dienone is 2. The number of fused-ring (bicyclic) bond motifs is 1. The average Bonchev–Trinajstić information content (AvgIpc) is 2.82. The molecule has 0 saturated heterocycles. The molecule has 2 aliphatic carbocycles. The Hall–Kier alpha value is -1.02. The average molecular weight is 330 g/mol. The van der Waals surface area contributed by atoms with Crippen LogP contribution in [0.15, 0.2) is 18.9 Å². The molecule has 126 valence electrons. The topological polar surface area (TPSA) is 12.0 Å². The van der Waals surface area contributed by atoms with Crippen molar-refractivity contribution < 1.29 is 0 Å². The molecule has 1 aromatic heterocycles. The van der Waals surface area contributed by atoms with Crippen LogP contribution in [0.4, 0.5) is 5.00 Å². The molecule has 0 aliphatic heterocycles. The quantitative estimate of drug-likeness (QED) is 0.605. The Balaban J connectivity index is 1.82. The Morgan fingerprint density at radius 2 is 1.91 bits per heavy atom. The van der Waals surface area contributed by atoms with Gasteiger partial charge in [0.15, 0.2) is 0 Å². The van der Waals surface area contributed by atoms with Crippen LogP contribution in [0, 0.1) is 11.3 Å². The molecule has 23 heavy (non-hydrogen) atoms. The van der Waals surface area contributed by atoms with Crippen molar-refractivity contribution >= 4 is 21.9 Å². The molecule has 0 amide bonds. The zero-order valence-electron chi connectivity index (χ0n) is 15.1. The Labute approximate surface area is 145 Å². The summed E-state index contributed by atoms with van der Waals surface area (Å²) in [7, 11) is 0. The van der Waals surface area contributed by atoms with E-state index in [1.807, 2.05) is 11.3 Å². The van der Waals surface area contributed by atoms with E-state index in [0.717, 1.165) is 6.42 Å². The van der Waals surface area contributed by atoms with Crippen molar-refractivity contribution in [2.24, 2.45) is 11.3 Å². The van der Waals surface area contributed by atoms with Gasteiger partial charge in [-0.05, 0) is 67.4 Å². The first-order valence-electron chi connectivity index (χ1n) is 9.20. The number of aryl methyl sites for hydroxylation is 1. The third-order valence-electron chi connectivity index (χ3n) is 5.44. The van der Waals surface area contributed by atoms with Crippen LogP contribution in [0.3, 0.4) is 0 Å². The second-order valence-corrected chi connectivity index (χ2v) is 9.29. The lowest BCUT2D eigenvalue weighted by Gasteiger charge is -2.43. The lowest BCUT2D eigenvalue weighted by Crippen LogP contribution is -2.34. The Kier molecular flexibility index (Phi) is 4.73. The number of thiophene rings is 1. The van der Waals surface area contributed by atoms with Crippen LogP contribution in [0.2, 0.25) is 0 Å². The highest BCUT2D eigenvalue weighted by Crippen LogP contribution is 2.49. The third-order valence-corrected chi connectivity index (χ3v) is 6.65. The van der Waals surface area contributed by atoms with Gasteiger partial charge in [0.1, 0.15) is 5.00 Å². The number of anilines is 1. The van der Waals surface area contributed by atoms with Crippen molar-refractivity contribution in [1.82, 2.24) is 0 Å². The fourth-order valence-electron chi connectivity index (χ4n) is 4.22. The molecule has 0 spiro atoms. The first-order valence-corrected chi connectivity index (χ1v) is 10.0. The highest BCUT2D eigenvalue weighted by atomic mass is 32.1. The number of rotatable bonds is 6. The summed E-state index contributed by atoms with van der Waals surface area (Å²) in [5.74, 6) is 0.636. The Morgan fingerprint density at radius 3 is 2.57 bits per heavy atom. The van der Waals surface area contributed by atoms with E-state index in [1.54, 1.807) is 10.4 Å². The van der Waals surface area contributed by atoms with Gasteiger partial charge in [-0.25, -0.2) is 0 Å². The van der Waals surface area contributed by atoms with E-state index in [2.05, 4.69) is 39.2 Å². The SMILES string of the molecule is C=C(CCC)c1c(NC(=C)C2CC(C)(C)C2)sc2c1CCCC2. The summed E-state index contributed by atoms with van der Waals surface area (Å²) < 4.78 is 0.